The second-order valence-corrected chi connectivity index (χ2v) is 8.44. The third-order valence-corrected chi connectivity index (χ3v) is 4.65. The Morgan fingerprint density at radius 2 is 1.83 bits per heavy atom. The van der Waals surface area contributed by atoms with Crippen LogP contribution in [0.2, 0.25) is 0 Å². The summed E-state index contributed by atoms with van der Waals surface area (Å²) in [5.41, 5.74) is 1.28. The van der Waals surface area contributed by atoms with Crippen LogP contribution in [0.3, 0.4) is 0 Å². The van der Waals surface area contributed by atoms with E-state index in [2.05, 4.69) is 43.2 Å². The Kier molecular flexibility index (Phi) is 5.49. The number of rotatable bonds is 5. The molecule has 0 spiro atoms. The highest BCUT2D eigenvalue weighted by Gasteiger charge is 2.37. The summed E-state index contributed by atoms with van der Waals surface area (Å²) in [5.74, 6) is -0.168. The van der Waals surface area contributed by atoms with Crippen molar-refractivity contribution in [3.63, 3.8) is 0 Å². The van der Waals surface area contributed by atoms with E-state index in [-0.39, 0.29) is 22.9 Å². The molecular weight excluding hydrogens is 289 g/mol. The first-order chi connectivity index (χ1) is 10.6. The minimum atomic E-state index is -0.168. The average Bonchev–Trinajstić information content (AvgIpc) is 2.34. The predicted molar refractivity (Wildman–Crippen MR) is 95.1 cm³/mol. The molecule has 3 nitrogen and oxygen atoms in total. The van der Waals surface area contributed by atoms with Crippen molar-refractivity contribution >= 4 is 0 Å². The molecule has 1 aliphatic heterocycles. The minimum Gasteiger partial charge on any atom is -0.312 e. The van der Waals surface area contributed by atoms with E-state index in [0.29, 0.717) is 6.04 Å². The molecule has 1 fully saturated rings. The first-order valence-corrected chi connectivity index (χ1v) is 8.53. The fourth-order valence-electron chi connectivity index (χ4n) is 4.06. The van der Waals surface area contributed by atoms with Crippen LogP contribution >= 0.6 is 0 Å². The summed E-state index contributed by atoms with van der Waals surface area (Å²) in [6, 6.07) is 7.58. The standard InChI is InChI=1S/C19H32FN3/c1-18(2)11-16(12-19(3,4)22-18)21-13-17(23(5)6)14-8-7-9-15(20)10-14/h7-10,16-17,21-22H,11-13H2,1-6H3/t17-/m0/s1. The third kappa shape index (κ3) is 5.27. The Hall–Kier alpha value is -0.970. The van der Waals surface area contributed by atoms with E-state index in [9.17, 15) is 4.39 Å². The van der Waals surface area contributed by atoms with Crippen LogP contribution in [-0.4, -0.2) is 42.7 Å². The van der Waals surface area contributed by atoms with Crippen molar-refractivity contribution in [1.29, 1.82) is 0 Å². The molecule has 0 radical (unpaired) electrons. The van der Waals surface area contributed by atoms with Gasteiger partial charge in [-0.25, -0.2) is 4.39 Å². The summed E-state index contributed by atoms with van der Waals surface area (Å²) in [6.07, 6.45) is 2.19. The van der Waals surface area contributed by atoms with Crippen molar-refractivity contribution in [1.82, 2.24) is 15.5 Å². The number of hydrogen-bond donors (Lipinski definition) is 2. The molecule has 1 aromatic rings. The lowest BCUT2D eigenvalue weighted by Gasteiger charge is -2.47. The molecule has 4 heteroatoms. The van der Waals surface area contributed by atoms with Gasteiger partial charge in [0, 0.05) is 29.7 Å². The smallest absolute Gasteiger partial charge is 0.123 e. The molecule has 0 unspecified atom stereocenters. The van der Waals surface area contributed by atoms with Crippen molar-refractivity contribution in [3.8, 4) is 0 Å². The Labute approximate surface area is 140 Å². The van der Waals surface area contributed by atoms with Crippen LogP contribution in [0, 0.1) is 5.82 Å². The lowest BCUT2D eigenvalue weighted by Crippen LogP contribution is -2.62. The van der Waals surface area contributed by atoms with Crippen LogP contribution in [0.4, 0.5) is 4.39 Å². The Morgan fingerprint density at radius 3 is 2.35 bits per heavy atom. The van der Waals surface area contributed by atoms with Gasteiger partial charge in [0.05, 0.1) is 0 Å². The van der Waals surface area contributed by atoms with Gasteiger partial charge in [0.25, 0.3) is 0 Å². The van der Waals surface area contributed by atoms with E-state index < -0.39 is 0 Å². The zero-order valence-corrected chi connectivity index (χ0v) is 15.4. The van der Waals surface area contributed by atoms with E-state index >= 15 is 0 Å². The van der Waals surface area contributed by atoms with Crippen LogP contribution in [0.25, 0.3) is 0 Å². The van der Waals surface area contributed by atoms with Crippen molar-refractivity contribution in [2.75, 3.05) is 20.6 Å². The molecular formula is C19H32FN3. The fraction of sp³-hybridized carbons (Fsp3) is 0.684. The molecule has 1 saturated heterocycles. The lowest BCUT2D eigenvalue weighted by atomic mass is 9.79. The highest BCUT2D eigenvalue weighted by Crippen LogP contribution is 2.29. The highest BCUT2D eigenvalue weighted by molar-refractivity contribution is 5.20. The van der Waals surface area contributed by atoms with Crippen molar-refractivity contribution in [3.05, 3.63) is 35.6 Å². The van der Waals surface area contributed by atoms with Crippen molar-refractivity contribution in [2.45, 2.75) is 63.7 Å². The van der Waals surface area contributed by atoms with Crippen LogP contribution in [0.15, 0.2) is 24.3 Å². The molecule has 0 aliphatic carbocycles. The van der Waals surface area contributed by atoms with Crippen LogP contribution in [-0.2, 0) is 0 Å². The number of nitrogens with one attached hydrogen (secondary N) is 2. The quantitative estimate of drug-likeness (QED) is 0.871. The number of benzene rings is 1. The number of halogens is 1. The fourth-order valence-corrected chi connectivity index (χ4v) is 4.06. The predicted octanol–water partition coefficient (Wildman–Crippen LogP) is 3.33. The van der Waals surface area contributed by atoms with Crippen molar-refractivity contribution in [2.24, 2.45) is 0 Å². The maximum atomic E-state index is 13.5. The van der Waals surface area contributed by atoms with E-state index in [0.717, 1.165) is 24.9 Å². The molecule has 1 aromatic carbocycles. The van der Waals surface area contributed by atoms with Gasteiger partial charge in [0.2, 0.25) is 0 Å². The maximum absolute atomic E-state index is 13.5. The monoisotopic (exact) mass is 321 g/mol. The van der Waals surface area contributed by atoms with Gasteiger partial charge in [-0.1, -0.05) is 12.1 Å². The second-order valence-electron chi connectivity index (χ2n) is 8.44. The largest absolute Gasteiger partial charge is 0.312 e. The second kappa shape index (κ2) is 6.88. The number of nitrogens with zero attached hydrogens (tertiary/aromatic N) is 1. The van der Waals surface area contributed by atoms with Gasteiger partial charge >= 0.3 is 0 Å². The number of piperidine rings is 1. The molecule has 2 rings (SSSR count). The van der Waals surface area contributed by atoms with E-state index in [1.165, 1.54) is 6.07 Å². The molecule has 1 aliphatic rings. The molecule has 2 N–H and O–H groups in total. The van der Waals surface area contributed by atoms with Gasteiger partial charge < -0.3 is 15.5 Å². The minimum absolute atomic E-state index is 0.131. The number of likely N-dealkylation sites (N-methyl/N-ethyl adjacent to an activating group) is 1. The number of hydrogen-bond acceptors (Lipinski definition) is 3. The first kappa shape index (κ1) is 18.4. The van der Waals surface area contributed by atoms with Gasteiger partial charge in [-0.2, -0.15) is 0 Å². The molecule has 0 amide bonds. The summed E-state index contributed by atoms with van der Waals surface area (Å²) in [4.78, 5) is 2.15. The maximum Gasteiger partial charge on any atom is 0.123 e. The van der Waals surface area contributed by atoms with Gasteiger partial charge in [0.1, 0.15) is 5.82 Å². The third-order valence-electron chi connectivity index (χ3n) is 4.65. The first-order valence-electron chi connectivity index (χ1n) is 8.53. The molecule has 23 heavy (non-hydrogen) atoms. The van der Waals surface area contributed by atoms with Gasteiger partial charge in [-0.15, -0.1) is 0 Å². The molecule has 1 heterocycles. The summed E-state index contributed by atoms with van der Waals surface area (Å²) < 4.78 is 13.5. The highest BCUT2D eigenvalue weighted by atomic mass is 19.1. The zero-order chi connectivity index (χ0) is 17.3. The van der Waals surface area contributed by atoms with Gasteiger partial charge in [-0.05, 0) is 72.3 Å². The van der Waals surface area contributed by atoms with Crippen LogP contribution in [0.1, 0.15) is 52.1 Å². The van der Waals surface area contributed by atoms with Gasteiger partial charge in [-0.3, -0.25) is 0 Å². The molecule has 0 bridgehead atoms. The molecule has 130 valence electrons. The average molecular weight is 321 g/mol. The SMILES string of the molecule is CN(C)[C@@H](CNC1CC(C)(C)NC(C)(C)C1)c1cccc(F)c1. The topological polar surface area (TPSA) is 27.3 Å². The Balaban J connectivity index is 2.04. The van der Waals surface area contributed by atoms with E-state index in [1.807, 2.05) is 20.2 Å². The summed E-state index contributed by atoms with van der Waals surface area (Å²) >= 11 is 0. The Morgan fingerprint density at radius 1 is 1.22 bits per heavy atom. The van der Waals surface area contributed by atoms with Crippen LogP contribution in [0.5, 0.6) is 0 Å². The van der Waals surface area contributed by atoms with Crippen LogP contribution < -0.4 is 10.6 Å². The lowest BCUT2D eigenvalue weighted by molar-refractivity contribution is 0.140. The molecule has 0 aromatic heterocycles. The molecule has 1 atom stereocenters. The summed E-state index contributed by atoms with van der Waals surface area (Å²) in [6.45, 7) is 9.88. The van der Waals surface area contributed by atoms with Gasteiger partial charge in [0.15, 0.2) is 0 Å². The van der Waals surface area contributed by atoms with E-state index in [1.54, 1.807) is 12.1 Å². The zero-order valence-electron chi connectivity index (χ0n) is 15.4. The van der Waals surface area contributed by atoms with E-state index in [4.69, 9.17) is 0 Å². The Bertz CT molecular complexity index is 509. The van der Waals surface area contributed by atoms with Crippen molar-refractivity contribution < 1.29 is 4.39 Å². The molecule has 0 saturated carbocycles. The summed E-state index contributed by atoms with van der Waals surface area (Å²) in [5, 5.41) is 7.44. The summed E-state index contributed by atoms with van der Waals surface area (Å²) in [7, 11) is 4.10. The normalized spacial score (nSPS) is 22.3.